The van der Waals surface area contributed by atoms with Crippen molar-refractivity contribution in [3.63, 3.8) is 0 Å². The van der Waals surface area contributed by atoms with Gasteiger partial charge in [0.05, 0.1) is 12.2 Å². The van der Waals surface area contributed by atoms with Crippen molar-refractivity contribution in [1.82, 2.24) is 20.4 Å². The molecule has 2 N–H and O–H groups in total. The molecule has 6 heteroatoms. The van der Waals surface area contributed by atoms with E-state index in [9.17, 15) is 0 Å². The van der Waals surface area contributed by atoms with Crippen LogP contribution in [-0.4, -0.2) is 28.8 Å². The van der Waals surface area contributed by atoms with Gasteiger partial charge in [0.2, 0.25) is 0 Å². The van der Waals surface area contributed by atoms with Crippen LogP contribution in [0.15, 0.2) is 29.3 Å². The normalized spacial score (nSPS) is 11.7. The Morgan fingerprint density at radius 2 is 1.92 bits per heavy atom. The SMILES string of the molecule is CCNC(=NCc1c(CC)nn(C)c1CC)NCCc1ccccc1Cl. The van der Waals surface area contributed by atoms with Crippen molar-refractivity contribution >= 4 is 17.6 Å². The lowest BCUT2D eigenvalue weighted by atomic mass is 10.1. The first-order chi connectivity index (χ1) is 12.6. The maximum atomic E-state index is 6.23. The van der Waals surface area contributed by atoms with Crippen LogP contribution in [0.2, 0.25) is 5.02 Å². The van der Waals surface area contributed by atoms with Crippen LogP contribution >= 0.6 is 11.6 Å². The second kappa shape index (κ2) is 10.2. The Kier molecular flexibility index (Phi) is 7.98. The quantitative estimate of drug-likeness (QED) is 0.548. The molecule has 1 aromatic carbocycles. The van der Waals surface area contributed by atoms with Crippen LogP contribution in [0.4, 0.5) is 0 Å². The number of nitrogens with zero attached hydrogens (tertiary/aromatic N) is 3. The first-order valence-corrected chi connectivity index (χ1v) is 9.77. The molecule has 0 aliphatic heterocycles. The predicted octanol–water partition coefficient (Wildman–Crippen LogP) is 3.50. The third-order valence-electron chi connectivity index (χ3n) is 4.41. The lowest BCUT2D eigenvalue weighted by Gasteiger charge is -2.12. The van der Waals surface area contributed by atoms with E-state index in [1.807, 2.05) is 29.9 Å². The Labute approximate surface area is 161 Å². The topological polar surface area (TPSA) is 54.2 Å². The van der Waals surface area contributed by atoms with Crippen molar-refractivity contribution in [3.05, 3.63) is 51.8 Å². The smallest absolute Gasteiger partial charge is 0.191 e. The molecular weight excluding hydrogens is 346 g/mol. The van der Waals surface area contributed by atoms with Crippen LogP contribution in [0, 0.1) is 0 Å². The van der Waals surface area contributed by atoms with Crippen LogP contribution in [-0.2, 0) is 32.9 Å². The summed E-state index contributed by atoms with van der Waals surface area (Å²) in [6.45, 7) is 8.63. The largest absolute Gasteiger partial charge is 0.357 e. The van der Waals surface area contributed by atoms with E-state index < -0.39 is 0 Å². The van der Waals surface area contributed by atoms with E-state index in [4.69, 9.17) is 16.6 Å². The van der Waals surface area contributed by atoms with Gasteiger partial charge in [-0.3, -0.25) is 4.68 Å². The molecule has 0 aliphatic carbocycles. The highest BCUT2D eigenvalue weighted by molar-refractivity contribution is 6.31. The Hall–Kier alpha value is -2.01. The standard InChI is InChI=1S/C20H30ClN5/c1-5-18-16(19(6-2)26(4)25-18)14-24-20(22-7-3)23-13-12-15-10-8-9-11-17(15)21/h8-11H,5-7,12-14H2,1-4H3,(H2,22,23,24). The summed E-state index contributed by atoms with van der Waals surface area (Å²) in [5, 5.41) is 12.2. The Balaban J connectivity index is 2.04. The van der Waals surface area contributed by atoms with Gasteiger partial charge in [-0.2, -0.15) is 5.10 Å². The van der Waals surface area contributed by atoms with Crippen LogP contribution in [0.3, 0.4) is 0 Å². The Morgan fingerprint density at radius 3 is 2.58 bits per heavy atom. The number of aromatic nitrogens is 2. The van der Waals surface area contributed by atoms with Gasteiger partial charge in [0, 0.05) is 36.4 Å². The second-order valence-corrected chi connectivity index (χ2v) is 6.57. The fourth-order valence-electron chi connectivity index (χ4n) is 3.09. The Morgan fingerprint density at radius 1 is 1.15 bits per heavy atom. The molecule has 142 valence electrons. The van der Waals surface area contributed by atoms with Crippen molar-refractivity contribution in [2.45, 2.75) is 46.6 Å². The maximum absolute atomic E-state index is 6.23. The number of hydrogen-bond acceptors (Lipinski definition) is 2. The molecular formula is C20H30ClN5. The van der Waals surface area contributed by atoms with Crippen molar-refractivity contribution in [3.8, 4) is 0 Å². The summed E-state index contributed by atoms with van der Waals surface area (Å²) in [4.78, 5) is 4.78. The van der Waals surface area contributed by atoms with Gasteiger partial charge in [-0.05, 0) is 37.8 Å². The number of rotatable bonds is 8. The highest BCUT2D eigenvalue weighted by Gasteiger charge is 2.13. The molecule has 0 saturated heterocycles. The van der Waals surface area contributed by atoms with Gasteiger partial charge in [-0.15, -0.1) is 0 Å². The van der Waals surface area contributed by atoms with Crippen LogP contribution < -0.4 is 10.6 Å². The first kappa shape index (κ1) is 20.3. The fourth-order valence-corrected chi connectivity index (χ4v) is 3.32. The summed E-state index contributed by atoms with van der Waals surface area (Å²) < 4.78 is 1.99. The van der Waals surface area contributed by atoms with Crippen LogP contribution in [0.25, 0.3) is 0 Å². The van der Waals surface area contributed by atoms with Gasteiger partial charge in [0.25, 0.3) is 0 Å². The number of guanidine groups is 1. The molecule has 0 amide bonds. The minimum Gasteiger partial charge on any atom is -0.357 e. The third-order valence-corrected chi connectivity index (χ3v) is 4.78. The average molecular weight is 376 g/mol. The molecule has 0 saturated carbocycles. The van der Waals surface area contributed by atoms with Gasteiger partial charge in [0.1, 0.15) is 0 Å². The summed E-state index contributed by atoms with van der Waals surface area (Å²) in [6, 6.07) is 7.96. The summed E-state index contributed by atoms with van der Waals surface area (Å²) in [6.07, 6.45) is 2.75. The van der Waals surface area contributed by atoms with Gasteiger partial charge < -0.3 is 10.6 Å². The van der Waals surface area contributed by atoms with E-state index in [0.29, 0.717) is 6.54 Å². The summed E-state index contributed by atoms with van der Waals surface area (Å²) >= 11 is 6.23. The molecule has 0 radical (unpaired) electrons. The zero-order chi connectivity index (χ0) is 18.9. The lowest BCUT2D eigenvalue weighted by Crippen LogP contribution is -2.38. The van der Waals surface area contributed by atoms with E-state index in [1.165, 1.54) is 11.3 Å². The lowest BCUT2D eigenvalue weighted by molar-refractivity contribution is 0.703. The highest BCUT2D eigenvalue weighted by Crippen LogP contribution is 2.17. The minimum absolute atomic E-state index is 0.640. The number of aryl methyl sites for hydroxylation is 2. The fraction of sp³-hybridized carbons (Fsp3) is 0.500. The molecule has 0 fully saturated rings. The molecule has 0 unspecified atom stereocenters. The number of nitrogens with one attached hydrogen (secondary N) is 2. The maximum Gasteiger partial charge on any atom is 0.191 e. The second-order valence-electron chi connectivity index (χ2n) is 6.17. The molecule has 26 heavy (non-hydrogen) atoms. The van der Waals surface area contributed by atoms with Crippen LogP contribution in [0.5, 0.6) is 0 Å². The van der Waals surface area contributed by atoms with Crippen molar-refractivity contribution in [2.75, 3.05) is 13.1 Å². The predicted molar refractivity (Wildman–Crippen MR) is 110 cm³/mol. The number of aliphatic imine (C=N–C) groups is 1. The number of hydrogen-bond donors (Lipinski definition) is 2. The molecule has 0 spiro atoms. The summed E-state index contributed by atoms with van der Waals surface area (Å²) in [5.74, 6) is 0.826. The Bertz CT molecular complexity index is 736. The number of halogens is 1. The molecule has 0 aliphatic rings. The molecule has 2 rings (SSSR count). The van der Waals surface area contributed by atoms with Gasteiger partial charge in [0.15, 0.2) is 5.96 Å². The monoisotopic (exact) mass is 375 g/mol. The molecule has 1 aromatic heterocycles. The van der Waals surface area contributed by atoms with Gasteiger partial charge in [-0.1, -0.05) is 43.6 Å². The number of benzene rings is 1. The van der Waals surface area contributed by atoms with E-state index in [-0.39, 0.29) is 0 Å². The molecule has 2 aromatic rings. The minimum atomic E-state index is 0.640. The van der Waals surface area contributed by atoms with E-state index >= 15 is 0 Å². The van der Waals surface area contributed by atoms with E-state index in [2.05, 4.69) is 42.6 Å². The third kappa shape index (κ3) is 5.24. The van der Waals surface area contributed by atoms with E-state index in [0.717, 1.165) is 54.6 Å². The zero-order valence-corrected chi connectivity index (χ0v) is 17.0. The molecule has 0 atom stereocenters. The summed E-state index contributed by atoms with van der Waals surface area (Å²) in [7, 11) is 2.01. The molecule has 1 heterocycles. The van der Waals surface area contributed by atoms with Gasteiger partial charge in [-0.25, -0.2) is 4.99 Å². The highest BCUT2D eigenvalue weighted by atomic mass is 35.5. The van der Waals surface area contributed by atoms with Gasteiger partial charge >= 0.3 is 0 Å². The average Bonchev–Trinajstić information content (AvgIpc) is 2.95. The zero-order valence-electron chi connectivity index (χ0n) is 16.3. The van der Waals surface area contributed by atoms with Crippen LogP contribution in [0.1, 0.15) is 43.3 Å². The van der Waals surface area contributed by atoms with Crippen molar-refractivity contribution in [1.29, 1.82) is 0 Å². The van der Waals surface area contributed by atoms with Crippen molar-refractivity contribution < 1.29 is 0 Å². The molecule has 5 nitrogen and oxygen atoms in total. The molecule has 0 bridgehead atoms. The first-order valence-electron chi connectivity index (χ1n) is 9.39. The summed E-state index contributed by atoms with van der Waals surface area (Å²) in [5.41, 5.74) is 4.80. The van der Waals surface area contributed by atoms with Crippen molar-refractivity contribution in [2.24, 2.45) is 12.0 Å². The van der Waals surface area contributed by atoms with E-state index in [1.54, 1.807) is 0 Å².